The zero-order chi connectivity index (χ0) is 12.7. The first-order valence-corrected chi connectivity index (χ1v) is 5.98. The molecule has 2 amide bonds. The fourth-order valence-corrected chi connectivity index (χ4v) is 1.76. The average molecular weight is 244 g/mol. The van der Waals surface area contributed by atoms with E-state index in [2.05, 4.69) is 0 Å². The molecule has 17 heavy (non-hydrogen) atoms. The first-order valence-electron chi connectivity index (χ1n) is 5.98. The second-order valence-electron chi connectivity index (χ2n) is 3.96. The van der Waals surface area contributed by atoms with Gasteiger partial charge in [-0.3, -0.25) is 4.79 Å². The number of urea groups is 1. The summed E-state index contributed by atoms with van der Waals surface area (Å²) in [5, 5.41) is 8.62. The summed E-state index contributed by atoms with van der Waals surface area (Å²) < 4.78 is 5.28. The summed E-state index contributed by atoms with van der Waals surface area (Å²) in [6, 6.07) is -0.0840. The number of carboxylic acid groups (broad SMARTS) is 1. The molecule has 6 heteroatoms. The van der Waals surface area contributed by atoms with E-state index < -0.39 is 5.97 Å². The molecule has 1 heterocycles. The molecule has 0 bridgehead atoms. The quantitative estimate of drug-likeness (QED) is 0.787. The summed E-state index contributed by atoms with van der Waals surface area (Å²) in [7, 11) is 0. The number of amides is 2. The summed E-state index contributed by atoms with van der Waals surface area (Å²) >= 11 is 0. The van der Waals surface area contributed by atoms with Gasteiger partial charge in [-0.1, -0.05) is 0 Å². The summed E-state index contributed by atoms with van der Waals surface area (Å²) in [6.07, 6.45) is 0.826. The number of hydrogen-bond acceptors (Lipinski definition) is 3. The molecule has 0 atom stereocenters. The molecule has 1 aliphatic heterocycles. The Kier molecular flexibility index (Phi) is 5.76. The highest BCUT2D eigenvalue weighted by molar-refractivity contribution is 5.75. The van der Waals surface area contributed by atoms with Crippen LogP contribution < -0.4 is 0 Å². The van der Waals surface area contributed by atoms with Gasteiger partial charge in [-0.2, -0.15) is 0 Å². The van der Waals surface area contributed by atoms with E-state index in [9.17, 15) is 9.59 Å². The predicted molar refractivity (Wildman–Crippen MR) is 61.9 cm³/mol. The molecule has 0 saturated carbocycles. The van der Waals surface area contributed by atoms with Gasteiger partial charge in [0.2, 0.25) is 0 Å². The molecule has 1 rings (SSSR count). The SMILES string of the molecule is CCN(CCC(=O)O)C(=O)N1CCCOCC1. The maximum Gasteiger partial charge on any atom is 0.320 e. The molecule has 1 N–H and O–H groups in total. The van der Waals surface area contributed by atoms with E-state index in [1.54, 1.807) is 9.80 Å². The van der Waals surface area contributed by atoms with Crippen LogP contribution in [0, 0.1) is 0 Å². The Hall–Kier alpha value is -1.30. The summed E-state index contributed by atoms with van der Waals surface area (Å²) in [5.74, 6) is -0.879. The Morgan fingerprint density at radius 1 is 1.35 bits per heavy atom. The largest absolute Gasteiger partial charge is 0.481 e. The van der Waals surface area contributed by atoms with Gasteiger partial charge >= 0.3 is 12.0 Å². The lowest BCUT2D eigenvalue weighted by Gasteiger charge is -2.28. The number of ether oxygens (including phenoxy) is 1. The molecule has 0 spiro atoms. The minimum absolute atomic E-state index is 0.0100. The van der Waals surface area contributed by atoms with Crippen molar-refractivity contribution < 1.29 is 19.4 Å². The van der Waals surface area contributed by atoms with Gasteiger partial charge in [0.1, 0.15) is 0 Å². The van der Waals surface area contributed by atoms with Crippen LogP contribution in [-0.4, -0.2) is 66.3 Å². The highest BCUT2D eigenvalue weighted by Gasteiger charge is 2.21. The summed E-state index contributed by atoms with van der Waals surface area (Å²) in [5.41, 5.74) is 0. The van der Waals surface area contributed by atoms with Gasteiger partial charge in [-0.25, -0.2) is 4.79 Å². The molecule has 0 radical (unpaired) electrons. The van der Waals surface area contributed by atoms with Crippen LogP contribution in [0.25, 0.3) is 0 Å². The van der Waals surface area contributed by atoms with Crippen molar-refractivity contribution in [1.82, 2.24) is 9.80 Å². The van der Waals surface area contributed by atoms with E-state index in [1.807, 2.05) is 6.92 Å². The molecule has 1 aliphatic rings. The molecule has 0 aliphatic carbocycles. The zero-order valence-electron chi connectivity index (χ0n) is 10.2. The Bertz CT molecular complexity index is 262. The number of carbonyl (C=O) groups excluding carboxylic acids is 1. The van der Waals surface area contributed by atoms with Gasteiger partial charge in [0, 0.05) is 32.8 Å². The summed E-state index contributed by atoms with van der Waals surface area (Å²) in [6.45, 7) is 5.16. The maximum atomic E-state index is 12.1. The zero-order valence-corrected chi connectivity index (χ0v) is 10.2. The van der Waals surface area contributed by atoms with E-state index in [4.69, 9.17) is 9.84 Å². The number of nitrogens with zero attached hydrogens (tertiary/aromatic N) is 2. The van der Waals surface area contributed by atoms with E-state index in [-0.39, 0.29) is 19.0 Å². The Labute approximate surface area is 101 Å². The van der Waals surface area contributed by atoms with Crippen LogP contribution in [0.3, 0.4) is 0 Å². The molecule has 1 fully saturated rings. The lowest BCUT2D eigenvalue weighted by Crippen LogP contribution is -2.45. The normalized spacial score (nSPS) is 16.4. The van der Waals surface area contributed by atoms with Crippen LogP contribution in [0.4, 0.5) is 4.79 Å². The number of carbonyl (C=O) groups is 2. The topological polar surface area (TPSA) is 70.1 Å². The van der Waals surface area contributed by atoms with Crippen LogP contribution in [-0.2, 0) is 9.53 Å². The molecular formula is C11H20N2O4. The van der Waals surface area contributed by atoms with Crippen molar-refractivity contribution in [3.63, 3.8) is 0 Å². The van der Waals surface area contributed by atoms with Crippen LogP contribution in [0.5, 0.6) is 0 Å². The van der Waals surface area contributed by atoms with E-state index in [1.165, 1.54) is 0 Å². The Morgan fingerprint density at radius 2 is 2.12 bits per heavy atom. The van der Waals surface area contributed by atoms with Crippen molar-refractivity contribution in [1.29, 1.82) is 0 Å². The highest BCUT2D eigenvalue weighted by Crippen LogP contribution is 2.05. The third-order valence-electron chi connectivity index (χ3n) is 2.74. The van der Waals surface area contributed by atoms with Crippen molar-refractivity contribution in [3.05, 3.63) is 0 Å². The van der Waals surface area contributed by atoms with Crippen LogP contribution >= 0.6 is 0 Å². The van der Waals surface area contributed by atoms with Crippen LogP contribution in [0.15, 0.2) is 0 Å². The smallest absolute Gasteiger partial charge is 0.320 e. The average Bonchev–Trinajstić information content (AvgIpc) is 2.57. The predicted octanol–water partition coefficient (Wildman–Crippen LogP) is 0.625. The van der Waals surface area contributed by atoms with Crippen molar-refractivity contribution in [3.8, 4) is 0 Å². The standard InChI is InChI=1S/C11H20N2O4/c1-2-12(6-4-10(14)15)11(16)13-5-3-8-17-9-7-13/h2-9H2,1H3,(H,14,15). The number of aliphatic carboxylic acids is 1. The lowest BCUT2D eigenvalue weighted by atomic mass is 10.3. The van der Waals surface area contributed by atoms with Gasteiger partial charge < -0.3 is 19.6 Å². The molecule has 0 unspecified atom stereocenters. The van der Waals surface area contributed by atoms with E-state index >= 15 is 0 Å². The molecule has 0 aromatic rings. The molecule has 6 nitrogen and oxygen atoms in total. The van der Waals surface area contributed by atoms with Gasteiger partial charge in [0.15, 0.2) is 0 Å². The van der Waals surface area contributed by atoms with Gasteiger partial charge in [0.05, 0.1) is 13.0 Å². The minimum Gasteiger partial charge on any atom is -0.481 e. The Morgan fingerprint density at radius 3 is 2.76 bits per heavy atom. The van der Waals surface area contributed by atoms with Crippen LogP contribution in [0.1, 0.15) is 19.8 Å². The fourth-order valence-electron chi connectivity index (χ4n) is 1.76. The highest BCUT2D eigenvalue weighted by atomic mass is 16.5. The van der Waals surface area contributed by atoms with Crippen LogP contribution in [0.2, 0.25) is 0 Å². The van der Waals surface area contributed by atoms with Crippen molar-refractivity contribution in [2.45, 2.75) is 19.8 Å². The summed E-state index contributed by atoms with van der Waals surface area (Å²) in [4.78, 5) is 25.9. The number of rotatable bonds is 4. The third kappa shape index (κ3) is 4.60. The minimum atomic E-state index is -0.879. The molecule has 98 valence electrons. The van der Waals surface area contributed by atoms with Gasteiger partial charge in [-0.15, -0.1) is 0 Å². The first kappa shape index (κ1) is 13.8. The van der Waals surface area contributed by atoms with Gasteiger partial charge in [-0.05, 0) is 13.3 Å². The van der Waals surface area contributed by atoms with E-state index in [0.717, 1.165) is 6.42 Å². The van der Waals surface area contributed by atoms with Crippen molar-refractivity contribution in [2.24, 2.45) is 0 Å². The second-order valence-corrected chi connectivity index (χ2v) is 3.96. The second kappa shape index (κ2) is 7.11. The Balaban J connectivity index is 2.48. The molecule has 1 saturated heterocycles. The fraction of sp³-hybridized carbons (Fsp3) is 0.818. The molecular weight excluding hydrogens is 224 g/mol. The van der Waals surface area contributed by atoms with E-state index in [0.29, 0.717) is 32.8 Å². The molecule has 0 aromatic heterocycles. The number of carboxylic acids is 1. The third-order valence-corrected chi connectivity index (χ3v) is 2.74. The number of hydrogen-bond donors (Lipinski definition) is 1. The maximum absolute atomic E-state index is 12.1. The van der Waals surface area contributed by atoms with Crippen molar-refractivity contribution >= 4 is 12.0 Å². The molecule has 0 aromatic carbocycles. The first-order chi connectivity index (χ1) is 8.15. The van der Waals surface area contributed by atoms with Gasteiger partial charge in [0.25, 0.3) is 0 Å². The van der Waals surface area contributed by atoms with Crippen molar-refractivity contribution in [2.75, 3.05) is 39.4 Å². The lowest BCUT2D eigenvalue weighted by molar-refractivity contribution is -0.137. The monoisotopic (exact) mass is 244 g/mol.